The summed E-state index contributed by atoms with van der Waals surface area (Å²) in [6.07, 6.45) is 6.95. The van der Waals surface area contributed by atoms with Crippen LogP contribution in [0.5, 0.6) is 0 Å². The van der Waals surface area contributed by atoms with Crippen molar-refractivity contribution < 1.29 is 9.53 Å². The number of aromatic nitrogens is 2. The maximum absolute atomic E-state index is 12.0. The molecule has 0 aromatic carbocycles. The summed E-state index contributed by atoms with van der Waals surface area (Å²) >= 11 is 0. The monoisotopic (exact) mass is 332 g/mol. The lowest BCUT2D eigenvalue weighted by molar-refractivity contribution is -0.135. The van der Waals surface area contributed by atoms with Crippen LogP contribution in [-0.2, 0) is 22.7 Å². The largest absolute Gasteiger partial charge is 0.365 e. The molecule has 3 heterocycles. The highest BCUT2D eigenvalue weighted by atomic mass is 16.5. The topological polar surface area (TPSA) is 50.6 Å². The number of ether oxygens (including phenoxy) is 1. The number of likely N-dealkylation sites (tertiary alicyclic amines) is 1. The average molecular weight is 332 g/mol. The van der Waals surface area contributed by atoms with Crippen LogP contribution in [0.3, 0.4) is 0 Å². The number of nitrogens with zero attached hydrogens (tertiary/aromatic N) is 4. The summed E-state index contributed by atoms with van der Waals surface area (Å²) in [6.45, 7) is 7.96. The van der Waals surface area contributed by atoms with Crippen LogP contribution in [0, 0.1) is 5.92 Å². The van der Waals surface area contributed by atoms with Crippen molar-refractivity contribution in [3.8, 4) is 0 Å². The third kappa shape index (κ3) is 3.35. The van der Waals surface area contributed by atoms with Crippen molar-refractivity contribution in [2.24, 2.45) is 5.92 Å². The van der Waals surface area contributed by atoms with Gasteiger partial charge in [0.2, 0.25) is 5.91 Å². The van der Waals surface area contributed by atoms with Crippen molar-refractivity contribution in [2.45, 2.75) is 51.8 Å². The van der Waals surface area contributed by atoms with E-state index in [4.69, 9.17) is 4.74 Å². The predicted molar refractivity (Wildman–Crippen MR) is 90.4 cm³/mol. The maximum Gasteiger partial charge on any atom is 0.248 e. The molecule has 1 aromatic rings. The standard InChI is InChI=1S/C18H28N4O2/c1-14-18-19-10-16(12-24-13-17(23)20-6-2-3-7-20)22(18)9-8-21(14)11-15-4-5-15/h10,14-15H,2-9,11-13H2,1H3/t14-/m0/s1. The zero-order chi connectivity index (χ0) is 16.5. The molecule has 132 valence electrons. The number of carbonyl (C=O) groups excluding carboxylic acids is 1. The van der Waals surface area contributed by atoms with Crippen LogP contribution in [0.4, 0.5) is 0 Å². The van der Waals surface area contributed by atoms with E-state index in [0.29, 0.717) is 12.6 Å². The Balaban J connectivity index is 1.31. The molecule has 2 aliphatic heterocycles. The van der Waals surface area contributed by atoms with Gasteiger partial charge in [0.15, 0.2) is 0 Å². The normalized spacial score (nSPS) is 24.4. The molecule has 1 atom stereocenters. The first-order valence-electron chi connectivity index (χ1n) is 9.36. The molecular formula is C18H28N4O2. The molecule has 6 nitrogen and oxygen atoms in total. The third-order valence-corrected chi connectivity index (χ3v) is 5.63. The number of hydrogen-bond donors (Lipinski definition) is 0. The molecule has 1 amide bonds. The van der Waals surface area contributed by atoms with Crippen molar-refractivity contribution in [1.82, 2.24) is 19.4 Å². The van der Waals surface area contributed by atoms with Gasteiger partial charge >= 0.3 is 0 Å². The van der Waals surface area contributed by atoms with Crippen LogP contribution in [0.25, 0.3) is 0 Å². The van der Waals surface area contributed by atoms with Crippen LogP contribution in [-0.4, -0.2) is 58.0 Å². The molecule has 6 heteroatoms. The Labute approximate surface area is 143 Å². The molecule has 0 bridgehead atoms. The van der Waals surface area contributed by atoms with Gasteiger partial charge in [-0.05, 0) is 38.5 Å². The average Bonchev–Trinajstić information content (AvgIpc) is 3.08. The Kier molecular flexibility index (Phi) is 4.59. The van der Waals surface area contributed by atoms with E-state index in [1.165, 1.54) is 19.4 Å². The van der Waals surface area contributed by atoms with Crippen LogP contribution >= 0.6 is 0 Å². The van der Waals surface area contributed by atoms with Gasteiger partial charge in [-0.15, -0.1) is 0 Å². The molecule has 3 aliphatic rings. The second-order valence-corrected chi connectivity index (χ2v) is 7.45. The summed E-state index contributed by atoms with van der Waals surface area (Å²) in [5, 5.41) is 0. The first-order valence-corrected chi connectivity index (χ1v) is 9.36. The van der Waals surface area contributed by atoms with E-state index >= 15 is 0 Å². The zero-order valence-electron chi connectivity index (χ0n) is 14.6. The van der Waals surface area contributed by atoms with Gasteiger partial charge in [-0.3, -0.25) is 9.69 Å². The molecule has 1 saturated heterocycles. The fraction of sp³-hybridized carbons (Fsp3) is 0.778. The number of amides is 1. The number of carbonyl (C=O) groups is 1. The van der Waals surface area contributed by atoms with E-state index in [9.17, 15) is 4.79 Å². The highest BCUT2D eigenvalue weighted by molar-refractivity contribution is 5.77. The van der Waals surface area contributed by atoms with Crippen LogP contribution in [0.2, 0.25) is 0 Å². The lowest BCUT2D eigenvalue weighted by Gasteiger charge is -2.34. The van der Waals surface area contributed by atoms with E-state index in [1.54, 1.807) is 0 Å². The summed E-state index contributed by atoms with van der Waals surface area (Å²) in [7, 11) is 0. The minimum absolute atomic E-state index is 0.120. The first-order chi connectivity index (χ1) is 11.7. The smallest absolute Gasteiger partial charge is 0.248 e. The number of rotatable bonds is 6. The van der Waals surface area contributed by atoms with E-state index in [2.05, 4.69) is 21.4 Å². The fourth-order valence-electron chi connectivity index (χ4n) is 3.90. The van der Waals surface area contributed by atoms with Gasteiger partial charge in [0.1, 0.15) is 12.4 Å². The molecule has 0 unspecified atom stereocenters. The number of hydrogen-bond acceptors (Lipinski definition) is 4. The van der Waals surface area contributed by atoms with Gasteiger partial charge < -0.3 is 14.2 Å². The lowest BCUT2D eigenvalue weighted by Crippen LogP contribution is -2.38. The molecule has 1 saturated carbocycles. The van der Waals surface area contributed by atoms with Crippen molar-refractivity contribution in [3.05, 3.63) is 17.7 Å². The van der Waals surface area contributed by atoms with Gasteiger partial charge in [0.05, 0.1) is 24.5 Å². The highest BCUT2D eigenvalue weighted by Gasteiger charge is 2.31. The maximum atomic E-state index is 12.0. The van der Waals surface area contributed by atoms with E-state index in [1.807, 2.05) is 11.1 Å². The number of fused-ring (bicyclic) bond motifs is 1. The SMILES string of the molecule is C[C@H]1c2ncc(COCC(=O)N3CCCC3)n2CCN1CC1CC1. The molecule has 1 aromatic heterocycles. The van der Waals surface area contributed by atoms with Crippen LogP contribution in [0.15, 0.2) is 6.20 Å². The molecule has 4 rings (SSSR count). The minimum atomic E-state index is 0.120. The Morgan fingerprint density at radius 3 is 2.79 bits per heavy atom. The van der Waals surface area contributed by atoms with Gasteiger partial charge in [-0.1, -0.05) is 0 Å². The lowest BCUT2D eigenvalue weighted by atomic mass is 10.2. The van der Waals surface area contributed by atoms with Crippen molar-refractivity contribution in [3.63, 3.8) is 0 Å². The van der Waals surface area contributed by atoms with Gasteiger partial charge in [0, 0.05) is 32.7 Å². The summed E-state index contributed by atoms with van der Waals surface area (Å²) in [4.78, 5) is 21.1. The first kappa shape index (κ1) is 16.1. The van der Waals surface area contributed by atoms with Crippen LogP contribution in [0.1, 0.15) is 50.2 Å². The quantitative estimate of drug-likeness (QED) is 0.797. The van der Waals surface area contributed by atoms with Gasteiger partial charge in [-0.2, -0.15) is 0 Å². The second kappa shape index (κ2) is 6.84. The molecule has 0 spiro atoms. The molecular weight excluding hydrogens is 304 g/mol. The summed E-state index contributed by atoms with van der Waals surface area (Å²) in [5.74, 6) is 2.18. The van der Waals surface area contributed by atoms with Gasteiger partial charge in [0.25, 0.3) is 0 Å². The second-order valence-electron chi connectivity index (χ2n) is 7.45. The van der Waals surface area contributed by atoms with E-state index < -0.39 is 0 Å². The van der Waals surface area contributed by atoms with Crippen LogP contribution < -0.4 is 0 Å². The zero-order valence-corrected chi connectivity index (χ0v) is 14.6. The predicted octanol–water partition coefficient (Wildman–Crippen LogP) is 1.81. The van der Waals surface area contributed by atoms with E-state index in [-0.39, 0.29) is 12.5 Å². The molecule has 24 heavy (non-hydrogen) atoms. The summed E-state index contributed by atoms with van der Waals surface area (Å²) in [5.41, 5.74) is 1.09. The van der Waals surface area contributed by atoms with Crippen molar-refractivity contribution >= 4 is 5.91 Å². The third-order valence-electron chi connectivity index (χ3n) is 5.63. The Morgan fingerprint density at radius 1 is 1.25 bits per heavy atom. The minimum Gasteiger partial charge on any atom is -0.365 e. The molecule has 2 fully saturated rings. The highest BCUT2D eigenvalue weighted by Crippen LogP contribution is 2.34. The summed E-state index contributed by atoms with van der Waals surface area (Å²) in [6, 6.07) is 0.374. The fourth-order valence-corrected chi connectivity index (χ4v) is 3.90. The molecule has 0 N–H and O–H groups in total. The molecule has 0 radical (unpaired) electrons. The van der Waals surface area contributed by atoms with Crippen molar-refractivity contribution in [1.29, 1.82) is 0 Å². The van der Waals surface area contributed by atoms with E-state index in [0.717, 1.165) is 56.5 Å². The number of imidazole rings is 1. The summed E-state index contributed by atoms with van der Waals surface area (Å²) < 4.78 is 7.98. The van der Waals surface area contributed by atoms with Crippen molar-refractivity contribution in [2.75, 3.05) is 32.8 Å². The Hall–Kier alpha value is -1.40. The Bertz CT molecular complexity index is 590. The molecule has 1 aliphatic carbocycles. The van der Waals surface area contributed by atoms with Gasteiger partial charge in [-0.25, -0.2) is 4.98 Å². The Morgan fingerprint density at radius 2 is 2.04 bits per heavy atom.